The molecule has 7 heavy (non-hydrogen) atoms. The average Bonchev–Trinajstić information content (AvgIpc) is 1.61. The van der Waals surface area contributed by atoms with Gasteiger partial charge in [-0.3, -0.25) is 0 Å². The molecule has 0 fully saturated rings. The SMILES string of the molecule is C=C([CH2+])COCC. The second kappa shape index (κ2) is 3.75. The molecule has 1 heteroatoms. The van der Waals surface area contributed by atoms with Gasteiger partial charge >= 0.3 is 0 Å². The molecule has 0 atom stereocenters. The van der Waals surface area contributed by atoms with E-state index in [1.807, 2.05) is 6.92 Å². The van der Waals surface area contributed by atoms with Crippen molar-refractivity contribution in [2.45, 2.75) is 6.92 Å². The van der Waals surface area contributed by atoms with Crippen molar-refractivity contribution in [2.75, 3.05) is 13.2 Å². The summed E-state index contributed by atoms with van der Waals surface area (Å²) in [5, 5.41) is 0. The lowest BCUT2D eigenvalue weighted by Gasteiger charge is -1.90. The van der Waals surface area contributed by atoms with Crippen LogP contribution >= 0.6 is 0 Å². The minimum atomic E-state index is 0.594. The quantitative estimate of drug-likeness (QED) is 0.486. The molecule has 0 radical (unpaired) electrons. The Morgan fingerprint density at radius 1 is 1.86 bits per heavy atom. The smallest absolute Gasteiger partial charge is 0.122 e. The topological polar surface area (TPSA) is 9.23 Å². The van der Waals surface area contributed by atoms with Crippen molar-refractivity contribution in [3.05, 3.63) is 19.1 Å². The molecule has 0 spiro atoms. The summed E-state index contributed by atoms with van der Waals surface area (Å²) in [5.74, 6) is 0. The van der Waals surface area contributed by atoms with Gasteiger partial charge < -0.3 is 4.74 Å². The highest BCUT2D eigenvalue weighted by molar-refractivity contribution is 4.96. The van der Waals surface area contributed by atoms with Gasteiger partial charge in [-0.05, 0) is 6.92 Å². The Labute approximate surface area is 45.0 Å². The van der Waals surface area contributed by atoms with Gasteiger partial charge in [-0.15, -0.1) is 0 Å². The zero-order valence-electron chi connectivity index (χ0n) is 4.74. The third-order valence-corrected chi connectivity index (χ3v) is 0.510. The van der Waals surface area contributed by atoms with Gasteiger partial charge in [-0.25, -0.2) is 0 Å². The summed E-state index contributed by atoms with van der Waals surface area (Å²) in [6.07, 6.45) is 0. The summed E-state index contributed by atoms with van der Waals surface area (Å²) < 4.78 is 4.93. The zero-order valence-corrected chi connectivity index (χ0v) is 4.74. The standard InChI is InChI=1S/C6H11O/c1-4-7-5-6(2)3/h2-5H2,1H3/q+1. The minimum Gasteiger partial charge on any atom is -0.373 e. The van der Waals surface area contributed by atoms with Crippen molar-refractivity contribution in [3.8, 4) is 0 Å². The van der Waals surface area contributed by atoms with Crippen LogP contribution in [0.1, 0.15) is 6.92 Å². The molecular weight excluding hydrogens is 88.1 g/mol. The van der Waals surface area contributed by atoms with Gasteiger partial charge in [0, 0.05) is 20.1 Å². The maximum absolute atomic E-state index is 4.93. The van der Waals surface area contributed by atoms with Crippen LogP contribution in [0.5, 0.6) is 0 Å². The van der Waals surface area contributed by atoms with Crippen LogP contribution in [0, 0.1) is 6.92 Å². The summed E-state index contributed by atoms with van der Waals surface area (Å²) in [6.45, 7) is 10.4. The molecule has 0 aromatic carbocycles. The zero-order chi connectivity index (χ0) is 5.70. The maximum Gasteiger partial charge on any atom is 0.122 e. The minimum absolute atomic E-state index is 0.594. The Balaban J connectivity index is 2.82. The highest BCUT2D eigenvalue weighted by Gasteiger charge is 1.87. The summed E-state index contributed by atoms with van der Waals surface area (Å²) >= 11 is 0. The van der Waals surface area contributed by atoms with Gasteiger partial charge in [0.25, 0.3) is 0 Å². The molecule has 0 unspecified atom stereocenters. The van der Waals surface area contributed by atoms with Crippen LogP contribution in [0.2, 0.25) is 0 Å². The van der Waals surface area contributed by atoms with Crippen molar-refractivity contribution in [3.63, 3.8) is 0 Å². The Kier molecular flexibility index (Phi) is 3.52. The maximum atomic E-state index is 4.93. The molecule has 40 valence electrons. The van der Waals surface area contributed by atoms with Crippen LogP contribution in [0.3, 0.4) is 0 Å². The highest BCUT2D eigenvalue weighted by atomic mass is 16.5. The fourth-order valence-electron chi connectivity index (χ4n) is 0.246. The van der Waals surface area contributed by atoms with Gasteiger partial charge in [0.1, 0.15) is 12.2 Å². The fraction of sp³-hybridized carbons (Fsp3) is 0.500. The molecule has 0 bridgehead atoms. The van der Waals surface area contributed by atoms with Gasteiger partial charge in [-0.2, -0.15) is 0 Å². The molecule has 0 aliphatic carbocycles. The Bertz CT molecular complexity index is 57.2. The monoisotopic (exact) mass is 99.1 g/mol. The van der Waals surface area contributed by atoms with E-state index in [0.29, 0.717) is 6.61 Å². The van der Waals surface area contributed by atoms with Crippen LogP contribution in [0.25, 0.3) is 0 Å². The Morgan fingerprint density at radius 2 is 2.43 bits per heavy atom. The Morgan fingerprint density at radius 3 is 2.57 bits per heavy atom. The molecule has 1 nitrogen and oxygen atoms in total. The summed E-state index contributed by atoms with van der Waals surface area (Å²) in [5.41, 5.74) is 0.835. The summed E-state index contributed by atoms with van der Waals surface area (Å²) in [7, 11) is 0. The van der Waals surface area contributed by atoms with Gasteiger partial charge in [0.05, 0.1) is 0 Å². The molecule has 0 rings (SSSR count). The highest BCUT2D eigenvalue weighted by Crippen LogP contribution is 1.84. The van der Waals surface area contributed by atoms with E-state index >= 15 is 0 Å². The molecule has 0 amide bonds. The fourth-order valence-corrected chi connectivity index (χ4v) is 0.246. The third-order valence-electron chi connectivity index (χ3n) is 0.510. The predicted octanol–water partition coefficient (Wildman–Crippen LogP) is 1.41. The Hall–Kier alpha value is -0.430. The largest absolute Gasteiger partial charge is 0.373 e. The van der Waals surface area contributed by atoms with Crippen molar-refractivity contribution < 1.29 is 4.74 Å². The molecule has 0 aromatic rings. The van der Waals surface area contributed by atoms with Crippen molar-refractivity contribution >= 4 is 0 Å². The van der Waals surface area contributed by atoms with Crippen LogP contribution in [-0.4, -0.2) is 13.2 Å². The predicted molar refractivity (Wildman–Crippen MR) is 31.0 cm³/mol. The summed E-state index contributed by atoms with van der Waals surface area (Å²) in [6, 6.07) is 0. The van der Waals surface area contributed by atoms with E-state index in [0.717, 1.165) is 12.2 Å². The molecule has 0 aliphatic heterocycles. The van der Waals surface area contributed by atoms with Crippen molar-refractivity contribution in [1.82, 2.24) is 0 Å². The third kappa shape index (κ3) is 5.57. The first-order valence-corrected chi connectivity index (χ1v) is 2.35. The second-order valence-corrected chi connectivity index (χ2v) is 1.39. The van der Waals surface area contributed by atoms with Gasteiger partial charge in [0.15, 0.2) is 0 Å². The van der Waals surface area contributed by atoms with Crippen LogP contribution in [-0.2, 0) is 4.74 Å². The van der Waals surface area contributed by atoms with Crippen molar-refractivity contribution in [2.24, 2.45) is 0 Å². The van der Waals surface area contributed by atoms with E-state index in [4.69, 9.17) is 4.74 Å². The molecule has 0 heterocycles. The number of rotatable bonds is 3. The molecule has 0 aliphatic rings. The van der Waals surface area contributed by atoms with Crippen LogP contribution in [0.4, 0.5) is 0 Å². The molecular formula is C6H11O+. The normalized spacial score (nSPS) is 8.71. The second-order valence-electron chi connectivity index (χ2n) is 1.39. The van der Waals surface area contributed by atoms with Crippen molar-refractivity contribution in [1.29, 1.82) is 0 Å². The van der Waals surface area contributed by atoms with Gasteiger partial charge in [-0.1, -0.05) is 0 Å². The first kappa shape index (κ1) is 6.57. The molecule has 0 aromatic heterocycles. The van der Waals surface area contributed by atoms with E-state index in [-0.39, 0.29) is 0 Å². The van der Waals surface area contributed by atoms with Crippen LogP contribution < -0.4 is 0 Å². The first-order chi connectivity index (χ1) is 3.27. The lowest BCUT2D eigenvalue weighted by molar-refractivity contribution is 0.173. The van der Waals surface area contributed by atoms with E-state index in [1.165, 1.54) is 0 Å². The lowest BCUT2D eigenvalue weighted by atomic mass is 10.4. The van der Waals surface area contributed by atoms with Gasteiger partial charge in [0.2, 0.25) is 0 Å². The number of hydrogen-bond acceptors (Lipinski definition) is 1. The van der Waals surface area contributed by atoms with E-state index in [9.17, 15) is 0 Å². The van der Waals surface area contributed by atoms with Crippen LogP contribution in [0.15, 0.2) is 12.2 Å². The number of ether oxygens (including phenoxy) is 1. The first-order valence-electron chi connectivity index (χ1n) is 2.35. The average molecular weight is 99.2 g/mol. The molecule has 0 saturated carbocycles. The molecule has 0 saturated heterocycles. The van der Waals surface area contributed by atoms with E-state index < -0.39 is 0 Å². The van der Waals surface area contributed by atoms with E-state index in [1.54, 1.807) is 0 Å². The number of hydrogen-bond donors (Lipinski definition) is 0. The lowest BCUT2D eigenvalue weighted by Crippen LogP contribution is -1.92. The molecule has 0 N–H and O–H groups in total. The summed E-state index contributed by atoms with van der Waals surface area (Å²) in [4.78, 5) is 0. The van der Waals surface area contributed by atoms with E-state index in [2.05, 4.69) is 13.5 Å².